The van der Waals surface area contributed by atoms with Crippen molar-refractivity contribution in [3.05, 3.63) is 0 Å². The number of nitrogens with zero attached hydrogens (tertiary/aromatic N) is 2. The van der Waals surface area contributed by atoms with Gasteiger partial charge in [-0.15, -0.1) is 0 Å². The van der Waals surface area contributed by atoms with E-state index in [0.29, 0.717) is 17.9 Å². The van der Waals surface area contributed by atoms with Crippen molar-refractivity contribution in [1.29, 1.82) is 0 Å². The summed E-state index contributed by atoms with van der Waals surface area (Å²) < 4.78 is 0. The lowest BCUT2D eigenvalue weighted by atomic mass is 9.77. The highest BCUT2D eigenvalue weighted by molar-refractivity contribution is 5.69. The summed E-state index contributed by atoms with van der Waals surface area (Å²) >= 11 is 0. The summed E-state index contributed by atoms with van der Waals surface area (Å²) in [5, 5.41) is 9.15. The summed E-state index contributed by atoms with van der Waals surface area (Å²) in [4.78, 5) is 15.4. The first-order valence-electron chi connectivity index (χ1n) is 7.52. The topological polar surface area (TPSA) is 43.8 Å². The number of hydrogen-bond acceptors (Lipinski definition) is 3. The van der Waals surface area contributed by atoms with Crippen molar-refractivity contribution in [3.63, 3.8) is 0 Å². The summed E-state index contributed by atoms with van der Waals surface area (Å²) in [6.07, 6.45) is 4.95. The summed E-state index contributed by atoms with van der Waals surface area (Å²) in [5.41, 5.74) is 0. The van der Waals surface area contributed by atoms with Gasteiger partial charge >= 0.3 is 5.97 Å². The fourth-order valence-electron chi connectivity index (χ4n) is 3.24. The van der Waals surface area contributed by atoms with Crippen molar-refractivity contribution >= 4 is 5.97 Å². The van der Waals surface area contributed by atoms with Crippen LogP contribution >= 0.6 is 0 Å². The van der Waals surface area contributed by atoms with Crippen molar-refractivity contribution < 1.29 is 9.90 Å². The molecule has 0 radical (unpaired) electrons. The Hall–Kier alpha value is -0.610. The van der Waals surface area contributed by atoms with E-state index in [9.17, 15) is 4.79 Å². The quantitative estimate of drug-likeness (QED) is 0.770. The van der Waals surface area contributed by atoms with E-state index in [-0.39, 0.29) is 6.54 Å². The molecule has 1 N–H and O–H groups in total. The molecular weight excluding hydrogens is 240 g/mol. The highest BCUT2D eigenvalue weighted by Crippen LogP contribution is 2.33. The Morgan fingerprint density at radius 3 is 2.37 bits per heavy atom. The first-order valence-corrected chi connectivity index (χ1v) is 7.52. The number of hydrogen-bond donors (Lipinski definition) is 1. The molecule has 4 heteroatoms. The number of rotatable bonds is 7. The summed E-state index contributed by atoms with van der Waals surface area (Å²) in [5.74, 6) is 0.586. The third-order valence-electron chi connectivity index (χ3n) is 4.28. The van der Waals surface area contributed by atoms with Crippen molar-refractivity contribution in [2.45, 2.75) is 45.6 Å². The minimum Gasteiger partial charge on any atom is -0.480 e. The Labute approximate surface area is 117 Å². The van der Waals surface area contributed by atoms with Crippen molar-refractivity contribution in [2.75, 3.05) is 33.7 Å². The normalized spacial score (nSPS) is 24.4. The minimum atomic E-state index is -0.702. The third kappa shape index (κ3) is 5.49. The number of carboxylic acids is 1. The molecule has 0 aromatic rings. The lowest BCUT2D eigenvalue weighted by Gasteiger charge is -2.41. The van der Waals surface area contributed by atoms with Gasteiger partial charge in [0, 0.05) is 19.1 Å². The van der Waals surface area contributed by atoms with Crippen LogP contribution in [-0.4, -0.2) is 60.6 Å². The molecule has 0 aliphatic heterocycles. The Kier molecular flexibility index (Phi) is 6.80. The first kappa shape index (κ1) is 16.4. The molecule has 0 heterocycles. The van der Waals surface area contributed by atoms with E-state index < -0.39 is 5.97 Å². The van der Waals surface area contributed by atoms with Crippen molar-refractivity contribution in [1.82, 2.24) is 9.80 Å². The fraction of sp³-hybridized carbons (Fsp3) is 0.933. The Balaban J connectivity index is 2.71. The van der Waals surface area contributed by atoms with Gasteiger partial charge < -0.3 is 10.0 Å². The smallest absolute Gasteiger partial charge is 0.317 e. The molecule has 1 fully saturated rings. The second-order valence-corrected chi connectivity index (χ2v) is 6.43. The van der Waals surface area contributed by atoms with Crippen LogP contribution in [0.1, 0.15) is 39.5 Å². The molecular formula is C15H30N2O2. The zero-order chi connectivity index (χ0) is 14.4. The molecule has 0 aromatic heterocycles. The van der Waals surface area contributed by atoms with E-state index in [4.69, 9.17) is 5.11 Å². The monoisotopic (exact) mass is 270 g/mol. The standard InChI is InChI=1S/C15H30N2O2/c1-12(2)13-7-5-6-8-14(13)17(11-15(18)19)10-9-16(3)4/h12-14H,5-11H2,1-4H3,(H,18,19). The van der Waals surface area contributed by atoms with E-state index in [2.05, 4.69) is 23.6 Å². The average Bonchev–Trinajstić information content (AvgIpc) is 2.33. The SMILES string of the molecule is CC(C)C1CCCCC1N(CCN(C)C)CC(=O)O. The fourth-order valence-corrected chi connectivity index (χ4v) is 3.24. The molecule has 112 valence electrons. The predicted octanol–water partition coefficient (Wildman–Crippen LogP) is 2.15. The Bertz CT molecular complexity index is 279. The molecule has 1 aliphatic carbocycles. The largest absolute Gasteiger partial charge is 0.480 e. The predicted molar refractivity (Wildman–Crippen MR) is 78.3 cm³/mol. The van der Waals surface area contributed by atoms with Crippen LogP contribution in [0.4, 0.5) is 0 Å². The minimum absolute atomic E-state index is 0.182. The van der Waals surface area contributed by atoms with Gasteiger partial charge in [0.05, 0.1) is 6.54 Å². The lowest BCUT2D eigenvalue weighted by Crippen LogP contribution is -2.48. The Morgan fingerprint density at radius 1 is 1.21 bits per heavy atom. The van der Waals surface area contributed by atoms with E-state index in [1.54, 1.807) is 0 Å². The number of likely N-dealkylation sites (N-methyl/N-ethyl adjacent to an activating group) is 1. The summed E-state index contributed by atoms with van der Waals surface area (Å²) in [6, 6.07) is 0.449. The molecule has 1 rings (SSSR count). The van der Waals surface area contributed by atoms with Crippen LogP contribution in [0.5, 0.6) is 0 Å². The van der Waals surface area contributed by atoms with E-state index in [1.165, 1.54) is 19.3 Å². The van der Waals surface area contributed by atoms with Crippen molar-refractivity contribution in [2.24, 2.45) is 11.8 Å². The molecule has 19 heavy (non-hydrogen) atoms. The van der Waals surface area contributed by atoms with Gasteiger partial charge in [0.15, 0.2) is 0 Å². The van der Waals surface area contributed by atoms with Gasteiger partial charge in [-0.1, -0.05) is 26.7 Å². The van der Waals surface area contributed by atoms with Crippen LogP contribution in [0.25, 0.3) is 0 Å². The van der Waals surface area contributed by atoms with Gasteiger partial charge in [0.25, 0.3) is 0 Å². The highest BCUT2D eigenvalue weighted by Gasteiger charge is 2.32. The Morgan fingerprint density at radius 2 is 1.84 bits per heavy atom. The highest BCUT2D eigenvalue weighted by atomic mass is 16.4. The molecule has 0 bridgehead atoms. The molecule has 0 spiro atoms. The van der Waals surface area contributed by atoms with Crippen LogP contribution in [0, 0.1) is 11.8 Å². The third-order valence-corrected chi connectivity index (χ3v) is 4.28. The van der Waals surface area contributed by atoms with Gasteiger partial charge in [-0.3, -0.25) is 9.69 Å². The molecule has 2 unspecified atom stereocenters. The van der Waals surface area contributed by atoms with Crippen LogP contribution in [0.2, 0.25) is 0 Å². The number of carboxylic acid groups (broad SMARTS) is 1. The second kappa shape index (κ2) is 7.85. The molecule has 2 atom stereocenters. The molecule has 4 nitrogen and oxygen atoms in total. The lowest BCUT2D eigenvalue weighted by molar-refractivity contribution is -0.139. The van der Waals surface area contributed by atoms with E-state index >= 15 is 0 Å². The van der Waals surface area contributed by atoms with Gasteiger partial charge in [0.1, 0.15) is 0 Å². The molecule has 1 aliphatic rings. The molecule has 1 saturated carbocycles. The number of aliphatic carboxylic acids is 1. The van der Waals surface area contributed by atoms with Crippen molar-refractivity contribution in [3.8, 4) is 0 Å². The molecule has 0 saturated heterocycles. The zero-order valence-corrected chi connectivity index (χ0v) is 12.9. The van der Waals surface area contributed by atoms with Crippen LogP contribution < -0.4 is 0 Å². The summed E-state index contributed by atoms with van der Waals surface area (Å²) in [6.45, 7) is 6.51. The van der Waals surface area contributed by atoms with Gasteiger partial charge in [0.2, 0.25) is 0 Å². The molecule has 0 amide bonds. The second-order valence-electron chi connectivity index (χ2n) is 6.43. The first-order chi connectivity index (χ1) is 8.91. The molecule has 0 aromatic carbocycles. The van der Waals surface area contributed by atoms with Crippen LogP contribution in [0.3, 0.4) is 0 Å². The van der Waals surface area contributed by atoms with Crippen LogP contribution in [0.15, 0.2) is 0 Å². The maximum absolute atomic E-state index is 11.1. The summed E-state index contributed by atoms with van der Waals surface area (Å²) in [7, 11) is 4.08. The van der Waals surface area contributed by atoms with E-state index in [1.807, 2.05) is 14.1 Å². The zero-order valence-electron chi connectivity index (χ0n) is 12.9. The van der Waals surface area contributed by atoms with Gasteiger partial charge in [-0.25, -0.2) is 0 Å². The maximum atomic E-state index is 11.1. The van der Waals surface area contributed by atoms with Crippen LogP contribution in [-0.2, 0) is 4.79 Å². The van der Waals surface area contributed by atoms with E-state index in [0.717, 1.165) is 19.5 Å². The maximum Gasteiger partial charge on any atom is 0.317 e. The van der Waals surface area contributed by atoms with Gasteiger partial charge in [-0.2, -0.15) is 0 Å². The van der Waals surface area contributed by atoms with Gasteiger partial charge in [-0.05, 0) is 38.8 Å². The average molecular weight is 270 g/mol. The number of carbonyl (C=O) groups is 1.